The van der Waals surface area contributed by atoms with E-state index in [4.69, 9.17) is 9.47 Å². The van der Waals surface area contributed by atoms with Crippen LogP contribution in [0.15, 0.2) is 111 Å². The van der Waals surface area contributed by atoms with Gasteiger partial charge in [0.2, 0.25) is 0 Å². The number of anilines is 4. The fourth-order valence-corrected chi connectivity index (χ4v) is 17.2. The number of aryl methyl sites for hydroxylation is 2. The number of halogens is 8. The third kappa shape index (κ3) is 16.2. The first-order valence-electron chi connectivity index (χ1n) is 38.2. The largest absolute Gasteiger partial charge is 0.497 e. The SMILES string of the molecule is COc1ccc(F)c([C@@H]2Nc3[nH]c(=O)n(C4CCCCC4)c(=O)c3C[C@@H]2F)c1.COc1ccc(F)c([C@@H]2Nc3[nH]c(=O)n(C4CCCCC4)c(=O)c3C[C@H]2F)c1.Cc1ccc(F)c([C@@H]2Nc3[nH]c(=O)n(C4CCCCC4)c(=O)c3C[C@@H]2F)c1.Cc1ccc(F)c([C@@H]2Nc3[nH]c(=O)n(C4CCCCC4)c(=O)c3C[C@H]2F)c1. The Morgan fingerprint density at radius 3 is 0.764 bits per heavy atom. The van der Waals surface area contributed by atoms with E-state index in [2.05, 4.69) is 41.2 Å². The summed E-state index contributed by atoms with van der Waals surface area (Å²) in [4.78, 5) is 113. The van der Waals surface area contributed by atoms with Gasteiger partial charge in [-0.3, -0.25) is 57.4 Å². The summed E-state index contributed by atoms with van der Waals surface area (Å²) in [5, 5.41) is 11.4. The number of hydrogen-bond donors (Lipinski definition) is 8. The lowest BCUT2D eigenvalue weighted by Gasteiger charge is -2.31. The molecule has 110 heavy (non-hydrogen) atoms. The Balaban J connectivity index is 0.000000129. The first kappa shape index (κ1) is 78.0. The van der Waals surface area contributed by atoms with Crippen LogP contribution in [0.2, 0.25) is 0 Å². The Bertz CT molecular complexity index is 4900. The minimum atomic E-state index is -1.52. The number of H-pyrrole nitrogens is 4. The fourth-order valence-electron chi connectivity index (χ4n) is 17.2. The van der Waals surface area contributed by atoms with Gasteiger partial charge in [-0.05, 0) is 114 Å². The van der Waals surface area contributed by atoms with Crippen LogP contribution in [0, 0.1) is 37.1 Å². The highest BCUT2D eigenvalue weighted by Crippen LogP contribution is 2.41. The summed E-state index contributed by atoms with van der Waals surface area (Å²) in [5.74, 6) is -0.635. The van der Waals surface area contributed by atoms with Gasteiger partial charge >= 0.3 is 22.8 Å². The molecule has 8 N–H and O–H groups in total. The Kier molecular flexibility index (Phi) is 23.8. The number of aromatic nitrogens is 8. The van der Waals surface area contributed by atoms with Gasteiger partial charge < -0.3 is 30.7 Å². The molecule has 22 nitrogen and oxygen atoms in total. The van der Waals surface area contributed by atoms with Gasteiger partial charge in [0, 0.05) is 72.1 Å². The van der Waals surface area contributed by atoms with Crippen molar-refractivity contribution in [2.24, 2.45) is 0 Å². The molecule has 0 bridgehead atoms. The summed E-state index contributed by atoms with van der Waals surface area (Å²) >= 11 is 0. The van der Waals surface area contributed by atoms with Crippen LogP contribution < -0.4 is 75.7 Å². The Labute approximate surface area is 626 Å². The van der Waals surface area contributed by atoms with Crippen molar-refractivity contribution < 1.29 is 44.6 Å². The van der Waals surface area contributed by atoms with Gasteiger partial charge in [-0.1, -0.05) is 112 Å². The highest BCUT2D eigenvalue weighted by molar-refractivity contribution is 5.54. The van der Waals surface area contributed by atoms with Gasteiger partial charge in [-0.25, -0.2) is 54.3 Å². The van der Waals surface area contributed by atoms with Crippen LogP contribution >= 0.6 is 0 Å². The average molecular weight is 1530 g/mol. The number of alkyl halides is 4. The van der Waals surface area contributed by atoms with Crippen LogP contribution in [-0.4, -0.2) is 77.1 Å². The molecule has 8 heterocycles. The van der Waals surface area contributed by atoms with Crippen molar-refractivity contribution in [3.05, 3.63) is 235 Å². The Morgan fingerprint density at radius 2 is 0.536 bits per heavy atom. The van der Waals surface area contributed by atoms with Gasteiger partial charge in [0.15, 0.2) is 0 Å². The molecule has 8 atom stereocenters. The number of nitrogens with one attached hydrogen (secondary N) is 8. The van der Waals surface area contributed by atoms with E-state index in [1.807, 2.05) is 0 Å². The van der Waals surface area contributed by atoms with Gasteiger partial charge in [0.05, 0.1) is 60.6 Å². The molecule has 4 aromatic heterocycles. The second kappa shape index (κ2) is 33.6. The molecule has 0 unspecified atom stereocenters. The molecule has 4 aliphatic heterocycles. The normalized spacial score (nSPS) is 22.7. The van der Waals surface area contributed by atoms with Crippen LogP contribution in [0.5, 0.6) is 11.5 Å². The molecule has 588 valence electrons. The van der Waals surface area contributed by atoms with Crippen LogP contribution in [0.1, 0.15) is 232 Å². The average Bonchev–Trinajstić information content (AvgIpc) is 0.776. The monoisotopic (exact) mass is 1530 g/mol. The van der Waals surface area contributed by atoms with Crippen LogP contribution in [0.25, 0.3) is 0 Å². The topological polar surface area (TPSA) is 286 Å². The van der Waals surface area contributed by atoms with Gasteiger partial charge in [-0.15, -0.1) is 0 Å². The fraction of sp³-hybridized carbons (Fsp3) is 0.500. The molecule has 4 saturated carbocycles. The zero-order valence-electron chi connectivity index (χ0n) is 61.7. The summed E-state index contributed by atoms with van der Waals surface area (Å²) in [6.07, 6.45) is 11.7. The van der Waals surface area contributed by atoms with E-state index < -0.39 is 117 Å². The van der Waals surface area contributed by atoms with E-state index in [0.717, 1.165) is 140 Å². The van der Waals surface area contributed by atoms with Gasteiger partial charge in [-0.2, -0.15) is 0 Å². The minimum Gasteiger partial charge on any atom is -0.497 e. The third-order valence-corrected chi connectivity index (χ3v) is 23.0. The molecule has 0 amide bonds. The molecule has 0 radical (unpaired) electrons. The molecule has 4 aliphatic carbocycles. The third-order valence-electron chi connectivity index (χ3n) is 23.0. The lowest BCUT2D eigenvalue weighted by molar-refractivity contribution is 0.277. The zero-order chi connectivity index (χ0) is 77.9. The molecule has 0 spiro atoms. The Morgan fingerprint density at radius 1 is 0.318 bits per heavy atom. The summed E-state index contributed by atoms with van der Waals surface area (Å²) in [7, 11) is 2.89. The zero-order valence-corrected chi connectivity index (χ0v) is 61.7. The van der Waals surface area contributed by atoms with Gasteiger partial charge in [0.25, 0.3) is 22.2 Å². The first-order chi connectivity index (χ1) is 52.9. The lowest BCUT2D eigenvalue weighted by Crippen LogP contribution is -2.44. The quantitative estimate of drug-likeness (QED) is 0.0591. The number of fused-ring (bicyclic) bond motifs is 4. The summed E-state index contributed by atoms with van der Waals surface area (Å²) < 4.78 is 132. The van der Waals surface area contributed by atoms with Crippen LogP contribution in [0.3, 0.4) is 0 Å². The first-order valence-corrected chi connectivity index (χ1v) is 38.2. The highest BCUT2D eigenvalue weighted by atomic mass is 19.2. The van der Waals surface area contributed by atoms with Crippen molar-refractivity contribution >= 4 is 23.3 Å². The Hall–Kier alpha value is -10.2. The highest BCUT2D eigenvalue weighted by Gasteiger charge is 2.40. The molecule has 8 aliphatic rings. The van der Waals surface area contributed by atoms with E-state index in [1.165, 1.54) is 81.0 Å². The molecular weight excluding hydrogens is 1440 g/mol. The maximum absolute atomic E-state index is 15.0. The lowest BCUT2D eigenvalue weighted by atomic mass is 9.92. The van der Waals surface area contributed by atoms with Gasteiger partial charge in [0.1, 0.15) is 82.7 Å². The van der Waals surface area contributed by atoms with Crippen LogP contribution in [0.4, 0.5) is 58.4 Å². The molecule has 0 saturated heterocycles. The molecule has 4 fully saturated rings. The molecule has 8 aromatic rings. The van der Waals surface area contributed by atoms with Crippen molar-refractivity contribution in [1.82, 2.24) is 38.2 Å². The maximum Gasteiger partial charge on any atom is 0.330 e. The second-order valence-corrected chi connectivity index (χ2v) is 30.2. The number of benzene rings is 4. The van der Waals surface area contributed by atoms with E-state index >= 15 is 0 Å². The second-order valence-electron chi connectivity index (χ2n) is 30.2. The minimum absolute atomic E-state index is 0.0924. The van der Waals surface area contributed by atoms with E-state index in [-0.39, 0.29) is 118 Å². The number of aromatic amines is 4. The summed E-state index contributed by atoms with van der Waals surface area (Å²) in [6.45, 7) is 3.61. The summed E-state index contributed by atoms with van der Waals surface area (Å²) in [6, 6.07) is 12.7. The van der Waals surface area contributed by atoms with Crippen molar-refractivity contribution in [3.8, 4) is 11.5 Å². The summed E-state index contributed by atoms with van der Waals surface area (Å²) in [5.41, 5.74) is -0.675. The molecule has 16 rings (SSSR count). The standard InChI is InChI=1S/2C20H23F2N3O3.2C20H23F2N3O2/c2*1-28-12-7-8-15(21)13(9-12)17-16(22)10-14-18(23-17)24-20(27)25(19(14)26)11-5-3-2-4-6-11;2*1-11-7-8-15(21)13(9-11)17-16(22)10-14-18(23-17)24-20(27)25(19(14)26)12-5-3-2-4-6-12/h2*7-9,11,16-17,23H,2-6,10H2,1H3,(H,24,27);2*7-9,12,16-17,23H,2-6,10H2,1H3,(H,24,27)/t16-,17+;16-,17-;16-,17+;16-,17-/m1010/s1. The molecule has 30 heteroatoms. The van der Waals surface area contributed by atoms with E-state index in [0.29, 0.717) is 11.5 Å². The number of hydrogen-bond acceptors (Lipinski definition) is 14. The number of methoxy groups -OCH3 is 2. The van der Waals surface area contributed by atoms with Crippen molar-refractivity contribution in [2.45, 2.75) is 241 Å². The van der Waals surface area contributed by atoms with Crippen molar-refractivity contribution in [1.29, 1.82) is 0 Å². The van der Waals surface area contributed by atoms with Crippen LogP contribution in [-0.2, 0) is 25.7 Å². The van der Waals surface area contributed by atoms with E-state index in [1.54, 1.807) is 38.1 Å². The number of nitrogens with zero attached hydrogens (tertiary/aromatic N) is 4. The molecule has 4 aromatic carbocycles. The number of rotatable bonds is 10. The maximum atomic E-state index is 15.0. The van der Waals surface area contributed by atoms with Crippen molar-refractivity contribution in [3.63, 3.8) is 0 Å². The van der Waals surface area contributed by atoms with E-state index in [9.17, 15) is 73.5 Å². The number of ether oxygens (including phenoxy) is 2. The molecular formula is C80H92F8N12O10. The predicted molar refractivity (Wildman–Crippen MR) is 402 cm³/mol. The smallest absolute Gasteiger partial charge is 0.330 e. The van der Waals surface area contributed by atoms with Crippen molar-refractivity contribution in [2.75, 3.05) is 35.5 Å². The predicted octanol–water partition coefficient (Wildman–Crippen LogP) is 13.5.